The Kier molecular flexibility index (Phi) is 7.83. The Morgan fingerprint density at radius 3 is 2.03 bits per heavy atom. The lowest BCUT2D eigenvalue weighted by atomic mass is 9.98. The fourth-order valence-corrected chi connectivity index (χ4v) is 6.79. The average molecular weight is 560 g/mol. The van der Waals surface area contributed by atoms with Crippen LogP contribution >= 0.6 is 22.7 Å². The van der Waals surface area contributed by atoms with Gasteiger partial charge in [0.15, 0.2) is 11.5 Å². The third-order valence-electron chi connectivity index (χ3n) is 6.77. The lowest BCUT2D eigenvalue weighted by Crippen LogP contribution is -2.29. The van der Waals surface area contributed by atoms with Gasteiger partial charge in [-0.1, -0.05) is 30.3 Å². The number of aryl methyl sites for hydroxylation is 1. The van der Waals surface area contributed by atoms with Gasteiger partial charge in [-0.25, -0.2) is 0 Å². The molecule has 0 atom stereocenters. The third-order valence-corrected chi connectivity index (χ3v) is 8.85. The van der Waals surface area contributed by atoms with E-state index in [4.69, 9.17) is 20.3 Å². The lowest BCUT2D eigenvalue weighted by molar-refractivity contribution is 0.100. The summed E-state index contributed by atoms with van der Waals surface area (Å²) in [6.45, 7) is 6.54. The van der Waals surface area contributed by atoms with E-state index in [-0.39, 0.29) is 11.6 Å². The molecule has 0 saturated heterocycles. The van der Waals surface area contributed by atoms with Gasteiger partial charge < -0.3 is 20.3 Å². The molecule has 1 aromatic carbocycles. The van der Waals surface area contributed by atoms with Gasteiger partial charge in [0.05, 0.1) is 33.7 Å². The predicted molar refractivity (Wildman–Crippen MR) is 155 cm³/mol. The van der Waals surface area contributed by atoms with Crippen molar-refractivity contribution in [1.82, 2.24) is 4.90 Å². The minimum absolute atomic E-state index is 0.105. The van der Waals surface area contributed by atoms with Crippen LogP contribution in [0.25, 0.3) is 0 Å². The van der Waals surface area contributed by atoms with Crippen molar-refractivity contribution in [3.05, 3.63) is 116 Å². The number of thiophene rings is 2. The molecule has 0 bridgehead atoms. The Morgan fingerprint density at radius 1 is 0.846 bits per heavy atom. The zero-order valence-corrected chi connectivity index (χ0v) is 23.4. The molecular weight excluding hydrogens is 530 g/mol. The Balaban J connectivity index is 0.000000177. The van der Waals surface area contributed by atoms with Gasteiger partial charge in [0.1, 0.15) is 0 Å². The first-order chi connectivity index (χ1) is 18.8. The highest BCUT2D eigenvalue weighted by atomic mass is 32.1. The normalized spacial score (nSPS) is 13.0. The van der Waals surface area contributed by atoms with Crippen molar-refractivity contribution in [3.63, 3.8) is 0 Å². The van der Waals surface area contributed by atoms with Crippen molar-refractivity contribution in [3.8, 4) is 0 Å². The molecule has 39 heavy (non-hydrogen) atoms. The summed E-state index contributed by atoms with van der Waals surface area (Å²) in [6, 6.07) is 17.2. The summed E-state index contributed by atoms with van der Waals surface area (Å²) in [5, 5.41) is 1.16. The highest BCUT2D eigenvalue weighted by Gasteiger charge is 2.28. The number of anilines is 2. The van der Waals surface area contributed by atoms with Gasteiger partial charge in [-0.2, -0.15) is 0 Å². The van der Waals surface area contributed by atoms with Crippen LogP contribution in [0, 0.1) is 13.8 Å². The molecule has 5 aromatic rings. The summed E-state index contributed by atoms with van der Waals surface area (Å²) < 4.78 is 10.3. The van der Waals surface area contributed by atoms with Crippen molar-refractivity contribution < 1.29 is 18.4 Å². The molecule has 4 N–H and O–H groups in total. The number of ketones is 2. The molecule has 0 amide bonds. The molecular formula is C30H29N3O4S2. The highest BCUT2D eigenvalue weighted by Crippen LogP contribution is 2.37. The molecule has 0 aliphatic carbocycles. The summed E-state index contributed by atoms with van der Waals surface area (Å²) in [4.78, 5) is 29.3. The lowest BCUT2D eigenvalue weighted by Gasteiger charge is -2.27. The molecule has 4 aromatic heterocycles. The first-order valence-corrected chi connectivity index (χ1v) is 14.1. The SMILES string of the molecule is Cc1sc(N)c(C(=O)c2ccco2)c1C.Nc1sc2c(c1C(=O)c1ccco1)CCN(Cc1ccccc1)C2. The molecule has 0 fully saturated rings. The zero-order valence-electron chi connectivity index (χ0n) is 21.7. The van der Waals surface area contributed by atoms with Gasteiger partial charge in [-0.3, -0.25) is 14.5 Å². The number of carbonyl (C=O) groups is 2. The van der Waals surface area contributed by atoms with E-state index in [0.29, 0.717) is 32.6 Å². The van der Waals surface area contributed by atoms with Crippen LogP contribution in [0.1, 0.15) is 58.7 Å². The standard InChI is InChI=1S/C19H18N2O2S.C11H11NO2S/c20-19-17(18(22)15-7-4-10-23-15)14-8-9-21(12-16(14)24-19)11-13-5-2-1-3-6-13;1-6-7(2)15-11(12)9(6)10(13)8-4-3-5-14-8/h1-7,10H,8-9,11-12,20H2;3-5H,12H2,1-2H3. The molecule has 5 heterocycles. The number of nitrogen functional groups attached to an aromatic ring is 2. The largest absolute Gasteiger partial charge is 0.461 e. The summed E-state index contributed by atoms with van der Waals surface area (Å²) in [7, 11) is 0. The van der Waals surface area contributed by atoms with E-state index in [1.54, 1.807) is 24.3 Å². The number of furan rings is 2. The Bertz CT molecular complexity index is 1580. The molecule has 6 rings (SSSR count). The van der Waals surface area contributed by atoms with Crippen molar-refractivity contribution >= 4 is 44.2 Å². The second-order valence-electron chi connectivity index (χ2n) is 9.32. The first-order valence-electron chi connectivity index (χ1n) is 12.5. The zero-order chi connectivity index (χ0) is 27.5. The van der Waals surface area contributed by atoms with Crippen LogP contribution in [0.15, 0.2) is 76.0 Å². The summed E-state index contributed by atoms with van der Waals surface area (Å²) >= 11 is 2.97. The molecule has 9 heteroatoms. The minimum Gasteiger partial charge on any atom is -0.461 e. The molecule has 0 saturated carbocycles. The van der Waals surface area contributed by atoms with Gasteiger partial charge >= 0.3 is 0 Å². The Labute approximate surface area is 234 Å². The second kappa shape index (κ2) is 11.4. The van der Waals surface area contributed by atoms with Gasteiger partial charge in [-0.05, 0) is 61.2 Å². The van der Waals surface area contributed by atoms with E-state index in [0.717, 1.165) is 42.1 Å². The van der Waals surface area contributed by atoms with Crippen LogP contribution < -0.4 is 11.5 Å². The van der Waals surface area contributed by atoms with Crippen LogP contribution in [0.4, 0.5) is 10.0 Å². The van der Waals surface area contributed by atoms with Gasteiger partial charge in [0, 0.05) is 29.4 Å². The highest BCUT2D eigenvalue weighted by molar-refractivity contribution is 7.16. The fourth-order valence-electron chi connectivity index (χ4n) is 4.70. The monoisotopic (exact) mass is 559 g/mol. The summed E-state index contributed by atoms with van der Waals surface area (Å²) in [5.74, 6) is 0.447. The summed E-state index contributed by atoms with van der Waals surface area (Å²) in [6.07, 6.45) is 3.85. The number of hydrogen-bond donors (Lipinski definition) is 2. The maximum Gasteiger partial charge on any atom is 0.231 e. The number of hydrogen-bond acceptors (Lipinski definition) is 9. The van der Waals surface area contributed by atoms with Crippen LogP contribution in [0.3, 0.4) is 0 Å². The second-order valence-corrected chi connectivity index (χ2v) is 11.7. The van der Waals surface area contributed by atoms with Crippen LogP contribution in [0.5, 0.6) is 0 Å². The van der Waals surface area contributed by atoms with Gasteiger partial charge in [0.25, 0.3) is 0 Å². The van der Waals surface area contributed by atoms with Gasteiger partial charge in [-0.15, -0.1) is 22.7 Å². The quantitative estimate of drug-likeness (QED) is 0.229. The van der Waals surface area contributed by atoms with Crippen molar-refractivity contribution in [1.29, 1.82) is 0 Å². The maximum absolute atomic E-state index is 12.7. The van der Waals surface area contributed by atoms with Crippen LogP contribution in [-0.4, -0.2) is 23.0 Å². The predicted octanol–water partition coefficient (Wildman–Crippen LogP) is 6.48. The van der Waals surface area contributed by atoms with E-state index in [9.17, 15) is 9.59 Å². The van der Waals surface area contributed by atoms with E-state index < -0.39 is 0 Å². The van der Waals surface area contributed by atoms with Gasteiger partial charge in [0.2, 0.25) is 11.6 Å². The van der Waals surface area contributed by atoms with Crippen molar-refractivity contribution in [2.24, 2.45) is 0 Å². The molecule has 7 nitrogen and oxygen atoms in total. The number of rotatable bonds is 6. The molecule has 0 radical (unpaired) electrons. The van der Waals surface area contributed by atoms with Crippen LogP contribution in [0.2, 0.25) is 0 Å². The molecule has 0 spiro atoms. The summed E-state index contributed by atoms with van der Waals surface area (Å²) in [5.41, 5.74) is 16.5. The number of carbonyl (C=O) groups excluding carboxylic acids is 2. The van der Waals surface area contributed by atoms with E-state index >= 15 is 0 Å². The number of nitrogens with two attached hydrogens (primary N) is 2. The first kappa shape index (κ1) is 26.7. The minimum atomic E-state index is -0.139. The Morgan fingerprint density at radius 2 is 1.46 bits per heavy atom. The smallest absolute Gasteiger partial charge is 0.231 e. The van der Waals surface area contributed by atoms with Crippen LogP contribution in [-0.2, 0) is 19.5 Å². The average Bonchev–Trinajstić information content (AvgIpc) is 3.73. The molecule has 200 valence electrons. The Hall–Kier alpha value is -3.92. The number of fused-ring (bicyclic) bond motifs is 1. The molecule has 1 aliphatic heterocycles. The van der Waals surface area contributed by atoms with E-state index in [2.05, 4.69) is 29.2 Å². The topological polar surface area (TPSA) is 116 Å². The maximum atomic E-state index is 12.7. The fraction of sp³-hybridized carbons (Fsp3) is 0.200. The molecule has 1 aliphatic rings. The number of nitrogens with zero attached hydrogens (tertiary/aromatic N) is 1. The van der Waals surface area contributed by atoms with E-state index in [1.807, 2.05) is 19.9 Å². The van der Waals surface area contributed by atoms with E-state index in [1.165, 1.54) is 45.6 Å². The van der Waals surface area contributed by atoms with Crippen molar-refractivity contribution in [2.75, 3.05) is 18.0 Å². The number of benzene rings is 1. The molecule has 0 unspecified atom stereocenters. The third kappa shape index (κ3) is 5.61. The van der Waals surface area contributed by atoms with Crippen molar-refractivity contribution in [2.45, 2.75) is 33.4 Å².